The Morgan fingerprint density at radius 2 is 2.13 bits per heavy atom. The molecule has 1 aromatic heterocycles. The Bertz CT molecular complexity index is 485. The molecule has 2 rings (SSSR count). The minimum atomic E-state index is -0.819. The Morgan fingerprint density at radius 1 is 1.33 bits per heavy atom. The molecule has 4 heteroatoms. The van der Waals surface area contributed by atoms with Crippen molar-refractivity contribution >= 4 is 29.3 Å². The molecule has 0 aliphatic carbocycles. The molecule has 0 fully saturated rings. The van der Waals surface area contributed by atoms with E-state index >= 15 is 0 Å². The van der Waals surface area contributed by atoms with Crippen LogP contribution in [-0.2, 0) is 11.2 Å². The molecule has 0 atom stereocenters. The van der Waals surface area contributed by atoms with Crippen LogP contribution >= 0.6 is 12.4 Å². The maximum Gasteiger partial charge on any atom is 0.307 e. The Balaban J connectivity index is 0.00000112. The van der Waals surface area contributed by atoms with E-state index in [1.54, 1.807) is 6.20 Å². The SMILES string of the molecule is Cl.O=C(O)Cc1ccc2cccnc2c1. The van der Waals surface area contributed by atoms with Crippen molar-refractivity contribution < 1.29 is 9.90 Å². The number of nitrogens with zero attached hydrogens (tertiary/aromatic N) is 1. The van der Waals surface area contributed by atoms with E-state index in [1.165, 1.54) is 0 Å². The fourth-order valence-electron chi connectivity index (χ4n) is 1.40. The fourth-order valence-corrected chi connectivity index (χ4v) is 1.40. The van der Waals surface area contributed by atoms with Gasteiger partial charge >= 0.3 is 5.97 Å². The summed E-state index contributed by atoms with van der Waals surface area (Å²) < 4.78 is 0. The minimum Gasteiger partial charge on any atom is -0.481 e. The van der Waals surface area contributed by atoms with Gasteiger partial charge in [0.15, 0.2) is 0 Å². The highest BCUT2D eigenvalue weighted by Gasteiger charge is 2.01. The first kappa shape index (κ1) is 11.5. The highest BCUT2D eigenvalue weighted by atomic mass is 35.5. The molecular weight excluding hydrogens is 214 g/mol. The first-order chi connectivity index (χ1) is 6.75. The van der Waals surface area contributed by atoms with Gasteiger partial charge in [0.25, 0.3) is 0 Å². The van der Waals surface area contributed by atoms with E-state index in [1.807, 2.05) is 30.3 Å². The number of fused-ring (bicyclic) bond motifs is 1. The molecule has 0 radical (unpaired) electrons. The lowest BCUT2D eigenvalue weighted by molar-refractivity contribution is -0.136. The summed E-state index contributed by atoms with van der Waals surface area (Å²) in [6, 6.07) is 9.33. The van der Waals surface area contributed by atoms with Gasteiger partial charge in [-0.3, -0.25) is 9.78 Å². The average molecular weight is 224 g/mol. The largest absolute Gasteiger partial charge is 0.481 e. The number of aromatic nitrogens is 1. The van der Waals surface area contributed by atoms with Crippen molar-refractivity contribution in [1.29, 1.82) is 0 Å². The molecule has 15 heavy (non-hydrogen) atoms. The first-order valence-electron chi connectivity index (χ1n) is 4.31. The zero-order valence-electron chi connectivity index (χ0n) is 7.88. The number of aliphatic carboxylic acids is 1. The van der Waals surface area contributed by atoms with Crippen LogP contribution < -0.4 is 0 Å². The van der Waals surface area contributed by atoms with Crippen LogP contribution in [0.15, 0.2) is 36.5 Å². The van der Waals surface area contributed by atoms with Crippen molar-refractivity contribution in [2.75, 3.05) is 0 Å². The van der Waals surface area contributed by atoms with Crippen molar-refractivity contribution in [3.05, 3.63) is 42.1 Å². The van der Waals surface area contributed by atoms with Gasteiger partial charge < -0.3 is 5.11 Å². The van der Waals surface area contributed by atoms with Crippen molar-refractivity contribution in [2.24, 2.45) is 0 Å². The van der Waals surface area contributed by atoms with Crippen LogP contribution in [-0.4, -0.2) is 16.1 Å². The highest BCUT2D eigenvalue weighted by Crippen LogP contribution is 2.13. The van der Waals surface area contributed by atoms with E-state index in [0.717, 1.165) is 16.5 Å². The molecule has 0 aliphatic rings. The van der Waals surface area contributed by atoms with Crippen molar-refractivity contribution in [2.45, 2.75) is 6.42 Å². The summed E-state index contributed by atoms with van der Waals surface area (Å²) >= 11 is 0. The molecule has 0 unspecified atom stereocenters. The molecule has 0 bridgehead atoms. The van der Waals surface area contributed by atoms with Crippen molar-refractivity contribution in [3.8, 4) is 0 Å². The lowest BCUT2D eigenvalue weighted by Gasteiger charge is -1.99. The standard InChI is InChI=1S/C11H9NO2.ClH/c13-11(14)7-8-3-4-9-2-1-5-12-10(9)6-8;/h1-6H,7H2,(H,13,14);1H. The van der Waals surface area contributed by atoms with E-state index in [2.05, 4.69) is 4.98 Å². The summed E-state index contributed by atoms with van der Waals surface area (Å²) in [6.07, 6.45) is 1.75. The van der Waals surface area contributed by atoms with Crippen LogP contribution in [0.2, 0.25) is 0 Å². The topological polar surface area (TPSA) is 50.2 Å². The summed E-state index contributed by atoms with van der Waals surface area (Å²) in [6.45, 7) is 0. The Morgan fingerprint density at radius 3 is 2.87 bits per heavy atom. The molecule has 78 valence electrons. The minimum absolute atomic E-state index is 0. The van der Waals surface area contributed by atoms with Crippen LogP contribution in [0.3, 0.4) is 0 Å². The number of hydrogen-bond donors (Lipinski definition) is 1. The van der Waals surface area contributed by atoms with E-state index in [0.29, 0.717) is 0 Å². The van der Waals surface area contributed by atoms with Crippen LogP contribution in [0.1, 0.15) is 5.56 Å². The molecule has 0 spiro atoms. The van der Waals surface area contributed by atoms with E-state index in [9.17, 15) is 4.79 Å². The smallest absolute Gasteiger partial charge is 0.307 e. The number of carboxylic acid groups (broad SMARTS) is 1. The number of pyridine rings is 1. The van der Waals surface area contributed by atoms with Gasteiger partial charge in [0.1, 0.15) is 0 Å². The zero-order valence-corrected chi connectivity index (χ0v) is 8.70. The molecule has 0 aliphatic heterocycles. The summed E-state index contributed by atoms with van der Waals surface area (Å²) in [5, 5.41) is 9.65. The number of benzene rings is 1. The maximum absolute atomic E-state index is 10.5. The van der Waals surface area contributed by atoms with Gasteiger partial charge in [0.05, 0.1) is 11.9 Å². The quantitative estimate of drug-likeness (QED) is 0.850. The van der Waals surface area contributed by atoms with Gasteiger partial charge in [-0.25, -0.2) is 0 Å². The first-order valence-corrected chi connectivity index (χ1v) is 4.31. The highest BCUT2D eigenvalue weighted by molar-refractivity contribution is 5.85. The lowest BCUT2D eigenvalue weighted by atomic mass is 10.1. The molecular formula is C11H10ClNO2. The van der Waals surface area contributed by atoms with Crippen molar-refractivity contribution in [3.63, 3.8) is 0 Å². The number of carbonyl (C=O) groups is 1. The molecule has 0 amide bonds. The lowest BCUT2D eigenvalue weighted by Crippen LogP contribution is -1.99. The number of halogens is 1. The number of carboxylic acids is 1. The van der Waals surface area contributed by atoms with Gasteiger partial charge in [-0.1, -0.05) is 18.2 Å². The van der Waals surface area contributed by atoms with Crippen LogP contribution in [0, 0.1) is 0 Å². The molecule has 1 heterocycles. The van der Waals surface area contributed by atoms with E-state index in [-0.39, 0.29) is 18.8 Å². The Kier molecular flexibility index (Phi) is 3.63. The second-order valence-electron chi connectivity index (χ2n) is 3.10. The van der Waals surface area contributed by atoms with Crippen LogP contribution in [0.4, 0.5) is 0 Å². The summed E-state index contributed by atoms with van der Waals surface area (Å²) in [4.78, 5) is 14.6. The fraction of sp³-hybridized carbons (Fsp3) is 0.0909. The third-order valence-corrected chi connectivity index (χ3v) is 2.03. The molecule has 1 N–H and O–H groups in total. The molecule has 1 aromatic carbocycles. The third kappa shape index (κ3) is 2.67. The summed E-state index contributed by atoms with van der Waals surface area (Å²) in [5.41, 5.74) is 1.62. The van der Waals surface area contributed by atoms with Crippen molar-refractivity contribution in [1.82, 2.24) is 4.98 Å². The predicted molar refractivity (Wildman–Crippen MR) is 60.3 cm³/mol. The van der Waals surface area contributed by atoms with E-state index < -0.39 is 5.97 Å². The normalized spacial score (nSPS) is 9.60. The Hall–Kier alpha value is -1.61. The monoisotopic (exact) mass is 223 g/mol. The summed E-state index contributed by atoms with van der Waals surface area (Å²) in [7, 11) is 0. The molecule has 3 nitrogen and oxygen atoms in total. The van der Waals surface area contributed by atoms with Gasteiger partial charge in [0, 0.05) is 11.6 Å². The number of rotatable bonds is 2. The molecule has 0 saturated heterocycles. The molecule has 2 aromatic rings. The number of hydrogen-bond acceptors (Lipinski definition) is 2. The van der Waals surface area contributed by atoms with E-state index in [4.69, 9.17) is 5.11 Å². The second-order valence-corrected chi connectivity index (χ2v) is 3.10. The second kappa shape index (κ2) is 4.75. The van der Waals surface area contributed by atoms with Gasteiger partial charge in [-0.05, 0) is 17.7 Å². The van der Waals surface area contributed by atoms with Gasteiger partial charge in [-0.15, -0.1) is 12.4 Å². The predicted octanol–water partition coefficient (Wildman–Crippen LogP) is 2.28. The van der Waals surface area contributed by atoms with Crippen LogP contribution in [0.5, 0.6) is 0 Å². The van der Waals surface area contributed by atoms with Crippen LogP contribution in [0.25, 0.3) is 10.9 Å². The average Bonchev–Trinajstić information content (AvgIpc) is 2.17. The third-order valence-electron chi connectivity index (χ3n) is 2.03. The Labute approximate surface area is 93.2 Å². The maximum atomic E-state index is 10.5. The summed E-state index contributed by atoms with van der Waals surface area (Å²) in [5.74, 6) is -0.819. The van der Waals surface area contributed by atoms with Gasteiger partial charge in [0.2, 0.25) is 0 Å². The van der Waals surface area contributed by atoms with Gasteiger partial charge in [-0.2, -0.15) is 0 Å². The zero-order chi connectivity index (χ0) is 9.97. The molecule has 0 saturated carbocycles.